The van der Waals surface area contributed by atoms with E-state index in [0.717, 1.165) is 0 Å². The van der Waals surface area contributed by atoms with Crippen molar-refractivity contribution in [3.8, 4) is 0 Å². The van der Waals surface area contributed by atoms with Crippen LogP contribution >= 0.6 is 23.2 Å². The summed E-state index contributed by atoms with van der Waals surface area (Å²) in [5.41, 5.74) is 0.756. The molecule has 0 saturated carbocycles. The summed E-state index contributed by atoms with van der Waals surface area (Å²) in [4.78, 5) is 27.7. The van der Waals surface area contributed by atoms with E-state index in [1.165, 1.54) is 11.0 Å². The summed E-state index contributed by atoms with van der Waals surface area (Å²) in [5, 5.41) is 14.8. The van der Waals surface area contributed by atoms with Crippen LogP contribution in [0.25, 0.3) is 11.0 Å². The van der Waals surface area contributed by atoms with Gasteiger partial charge in [-0.3, -0.25) is 14.5 Å². The maximum Gasteiger partial charge on any atom is 0.297 e. The molecule has 138 valence electrons. The second-order valence-corrected chi connectivity index (χ2v) is 7.03. The first-order valence-corrected chi connectivity index (χ1v) is 8.89. The number of benzene rings is 2. The normalized spacial score (nSPS) is 16.0. The maximum atomic E-state index is 13.3. The number of hydrogen-bond donors (Lipinski definition) is 1. The fraction of sp³-hybridized carbons (Fsp3) is 0.0556. The SMILES string of the molecule is O=C1c2oc3ccc(Cl)cc3c(=O)c2C(c2ccc(Cl)cc2)N1c1nn[nH]n1. The van der Waals surface area contributed by atoms with Gasteiger partial charge in [-0.05, 0) is 41.1 Å². The number of carbonyl (C=O) groups excluding carboxylic acids is 1. The van der Waals surface area contributed by atoms with Crippen molar-refractivity contribution in [3.63, 3.8) is 0 Å². The first kappa shape index (κ1) is 16.9. The predicted octanol–water partition coefficient (Wildman–Crippen LogP) is 3.36. The molecule has 1 atom stereocenters. The monoisotopic (exact) mass is 413 g/mol. The zero-order valence-corrected chi connectivity index (χ0v) is 15.4. The Morgan fingerprint density at radius 1 is 1.04 bits per heavy atom. The molecule has 2 aromatic carbocycles. The van der Waals surface area contributed by atoms with Gasteiger partial charge in [0.2, 0.25) is 5.76 Å². The van der Waals surface area contributed by atoms with Gasteiger partial charge in [-0.25, -0.2) is 0 Å². The van der Waals surface area contributed by atoms with Gasteiger partial charge >= 0.3 is 0 Å². The molecule has 0 spiro atoms. The number of hydrogen-bond acceptors (Lipinski definition) is 6. The number of H-pyrrole nitrogens is 1. The van der Waals surface area contributed by atoms with Gasteiger partial charge < -0.3 is 4.42 Å². The second kappa shape index (κ2) is 6.15. The Bertz CT molecular complexity index is 1290. The number of aromatic amines is 1. The number of nitrogens with zero attached hydrogens (tertiary/aromatic N) is 4. The molecule has 1 unspecified atom stereocenters. The van der Waals surface area contributed by atoms with Crippen molar-refractivity contribution in [2.24, 2.45) is 0 Å². The van der Waals surface area contributed by atoms with Gasteiger partial charge in [-0.1, -0.05) is 40.4 Å². The van der Waals surface area contributed by atoms with E-state index < -0.39 is 11.9 Å². The van der Waals surface area contributed by atoms with E-state index in [1.807, 2.05) is 0 Å². The van der Waals surface area contributed by atoms with E-state index in [-0.39, 0.29) is 33.7 Å². The zero-order chi connectivity index (χ0) is 19.4. The molecular formula is C18H9Cl2N5O3. The molecule has 5 rings (SSSR count). The van der Waals surface area contributed by atoms with Gasteiger partial charge in [-0.2, -0.15) is 5.21 Å². The molecule has 1 aliphatic rings. The van der Waals surface area contributed by atoms with Crippen LogP contribution in [0.1, 0.15) is 27.7 Å². The molecule has 8 nitrogen and oxygen atoms in total. The molecule has 28 heavy (non-hydrogen) atoms. The Hall–Kier alpha value is -3.23. The standard InChI is InChI=1S/C18H9Cl2N5O3/c19-9-3-1-8(2-4-9)14-13-15(26)11-7-10(20)5-6-12(11)28-16(13)17(27)25(14)18-21-23-24-22-18/h1-7,14H,(H,21,22,23,24). The summed E-state index contributed by atoms with van der Waals surface area (Å²) >= 11 is 12.0. The second-order valence-electron chi connectivity index (χ2n) is 6.16. The number of fused-ring (bicyclic) bond motifs is 2. The number of halogens is 2. The molecule has 0 aliphatic carbocycles. The Balaban J connectivity index is 1.83. The Kier molecular flexibility index (Phi) is 3.71. The van der Waals surface area contributed by atoms with Crippen LogP contribution in [0.2, 0.25) is 10.0 Å². The van der Waals surface area contributed by atoms with Gasteiger partial charge in [0.25, 0.3) is 11.9 Å². The fourth-order valence-corrected chi connectivity index (χ4v) is 3.67. The Morgan fingerprint density at radius 3 is 2.50 bits per heavy atom. The molecule has 2 aromatic heterocycles. The van der Waals surface area contributed by atoms with Crippen molar-refractivity contribution in [3.05, 3.63) is 79.6 Å². The number of carbonyl (C=O) groups is 1. The van der Waals surface area contributed by atoms with Gasteiger partial charge in [0.05, 0.1) is 17.0 Å². The molecule has 0 radical (unpaired) electrons. The molecule has 3 heterocycles. The van der Waals surface area contributed by atoms with E-state index in [1.54, 1.807) is 36.4 Å². The van der Waals surface area contributed by atoms with Crippen LogP contribution < -0.4 is 10.3 Å². The summed E-state index contributed by atoms with van der Waals surface area (Å²) in [7, 11) is 0. The lowest BCUT2D eigenvalue weighted by atomic mass is 9.99. The summed E-state index contributed by atoms with van der Waals surface area (Å²) in [5.74, 6) is -0.576. The molecule has 0 bridgehead atoms. The summed E-state index contributed by atoms with van der Waals surface area (Å²) < 4.78 is 5.79. The highest BCUT2D eigenvalue weighted by atomic mass is 35.5. The van der Waals surface area contributed by atoms with Crippen LogP contribution in [0, 0.1) is 0 Å². The minimum atomic E-state index is -0.794. The molecule has 0 fully saturated rings. The van der Waals surface area contributed by atoms with Crippen molar-refractivity contribution in [2.75, 3.05) is 4.90 Å². The molecule has 4 aromatic rings. The largest absolute Gasteiger partial charge is 0.450 e. The first-order valence-electron chi connectivity index (χ1n) is 8.13. The summed E-state index contributed by atoms with van der Waals surface area (Å²) in [6.07, 6.45) is 0. The van der Waals surface area contributed by atoms with Gasteiger partial charge in [0, 0.05) is 10.0 Å². The average Bonchev–Trinajstić information content (AvgIpc) is 3.30. The minimum Gasteiger partial charge on any atom is -0.450 e. The third-order valence-corrected chi connectivity index (χ3v) is 5.05. The van der Waals surface area contributed by atoms with Gasteiger partial charge in [0.1, 0.15) is 5.58 Å². The smallest absolute Gasteiger partial charge is 0.297 e. The van der Waals surface area contributed by atoms with Gasteiger partial charge in [0.15, 0.2) is 5.43 Å². The number of rotatable bonds is 2. The highest BCUT2D eigenvalue weighted by Gasteiger charge is 2.45. The minimum absolute atomic E-state index is 0.0258. The zero-order valence-electron chi connectivity index (χ0n) is 13.9. The average molecular weight is 414 g/mol. The van der Waals surface area contributed by atoms with Crippen LogP contribution in [-0.2, 0) is 0 Å². The van der Waals surface area contributed by atoms with E-state index >= 15 is 0 Å². The van der Waals surface area contributed by atoms with Crippen molar-refractivity contribution in [2.45, 2.75) is 6.04 Å². The topological polar surface area (TPSA) is 105 Å². The first-order chi connectivity index (χ1) is 13.5. The molecule has 0 saturated heterocycles. The number of amides is 1. The lowest BCUT2D eigenvalue weighted by Crippen LogP contribution is -2.30. The van der Waals surface area contributed by atoms with Gasteiger partial charge in [-0.15, -0.1) is 5.10 Å². The summed E-state index contributed by atoms with van der Waals surface area (Å²) in [6, 6.07) is 10.7. The van der Waals surface area contributed by atoms with Crippen molar-refractivity contribution < 1.29 is 9.21 Å². The van der Waals surface area contributed by atoms with Crippen molar-refractivity contribution in [1.82, 2.24) is 20.6 Å². The lowest BCUT2D eigenvalue weighted by molar-refractivity contribution is 0.0969. The fourth-order valence-electron chi connectivity index (χ4n) is 3.37. The number of nitrogens with one attached hydrogen (secondary N) is 1. The Morgan fingerprint density at radius 2 is 1.79 bits per heavy atom. The highest BCUT2D eigenvalue weighted by Crippen LogP contribution is 2.40. The number of tetrazole rings is 1. The Labute approximate surface area is 166 Å². The van der Waals surface area contributed by atoms with Crippen molar-refractivity contribution in [1.29, 1.82) is 0 Å². The maximum absolute atomic E-state index is 13.3. The highest BCUT2D eigenvalue weighted by molar-refractivity contribution is 6.31. The van der Waals surface area contributed by atoms with Crippen LogP contribution in [-0.4, -0.2) is 26.5 Å². The van der Waals surface area contributed by atoms with Crippen LogP contribution in [0.4, 0.5) is 5.95 Å². The van der Waals surface area contributed by atoms with Crippen LogP contribution in [0.15, 0.2) is 51.7 Å². The molecule has 1 N–H and O–H groups in total. The van der Waals surface area contributed by atoms with E-state index in [0.29, 0.717) is 15.6 Å². The molecular weight excluding hydrogens is 405 g/mol. The van der Waals surface area contributed by atoms with E-state index in [2.05, 4.69) is 20.6 Å². The summed E-state index contributed by atoms with van der Waals surface area (Å²) in [6.45, 7) is 0. The molecule has 1 amide bonds. The van der Waals surface area contributed by atoms with Crippen LogP contribution in [0.5, 0.6) is 0 Å². The molecule has 1 aliphatic heterocycles. The van der Waals surface area contributed by atoms with Crippen LogP contribution in [0.3, 0.4) is 0 Å². The third-order valence-electron chi connectivity index (χ3n) is 4.57. The predicted molar refractivity (Wildman–Crippen MR) is 102 cm³/mol. The van der Waals surface area contributed by atoms with E-state index in [4.69, 9.17) is 27.6 Å². The third kappa shape index (κ3) is 2.42. The lowest BCUT2D eigenvalue weighted by Gasteiger charge is -2.21. The number of anilines is 1. The number of aromatic nitrogens is 4. The van der Waals surface area contributed by atoms with E-state index in [9.17, 15) is 9.59 Å². The van der Waals surface area contributed by atoms with Crippen molar-refractivity contribution >= 4 is 46.0 Å². The molecule has 10 heteroatoms. The quantitative estimate of drug-likeness (QED) is 0.539.